The van der Waals surface area contributed by atoms with Gasteiger partial charge in [-0.2, -0.15) is 0 Å². The van der Waals surface area contributed by atoms with Crippen LogP contribution in [0.4, 0.5) is 0 Å². The summed E-state index contributed by atoms with van der Waals surface area (Å²) >= 11 is 0. The summed E-state index contributed by atoms with van der Waals surface area (Å²) in [6.07, 6.45) is 18.7. The summed E-state index contributed by atoms with van der Waals surface area (Å²) < 4.78 is 121. The number of carbonyl (C=O) groups is 1. The van der Waals surface area contributed by atoms with E-state index in [-0.39, 0.29) is 85.8 Å². The predicted octanol–water partition coefficient (Wildman–Crippen LogP) is 10.9. The number of aliphatic hydroxyl groups is 1. The van der Waals surface area contributed by atoms with Crippen LogP contribution in [0, 0.1) is 0 Å². The molecule has 12 atom stereocenters. The molecule has 1 N–H and O–H groups in total. The summed E-state index contributed by atoms with van der Waals surface area (Å²) in [6, 6.07) is 0. The number of allylic oxidation sites excluding steroid dienone is 1. The zero-order chi connectivity index (χ0) is 70.6. The average molecular weight is 1390 g/mol. The lowest BCUT2D eigenvalue weighted by Crippen LogP contribution is -2.31. The van der Waals surface area contributed by atoms with Crippen LogP contribution in [0.1, 0.15) is 186 Å². The number of ether oxygens (including phenoxy) is 21. The van der Waals surface area contributed by atoms with Crippen LogP contribution in [0.2, 0.25) is 0 Å². The SMILES string of the molecule is CCCCCC[C@@H](O)C/C=C\CCCCCCCC(=O)OCCOCCOCCOCCOCCOCCOCCOCCOCCOC(C)COC(C)COC(C)COC(C)COC(C)COC(C)COC(C)COC(C)COC(C)COC(C)COC(C)COCCCC. The van der Waals surface area contributed by atoms with Crippen LogP contribution in [0.15, 0.2) is 12.2 Å². The molecule has 0 bridgehead atoms. The number of hydrogen-bond acceptors (Lipinski definition) is 23. The van der Waals surface area contributed by atoms with E-state index in [0.29, 0.717) is 191 Å². The molecule has 574 valence electrons. The zero-order valence-corrected chi connectivity index (χ0v) is 62.8. The number of carbonyl (C=O) groups excluding carboxylic acids is 1. The molecule has 0 aromatic carbocycles. The van der Waals surface area contributed by atoms with Gasteiger partial charge in [-0.05, 0) is 115 Å². The molecular weight excluding hydrogens is 1240 g/mol. The number of hydrogen-bond donors (Lipinski definition) is 1. The molecule has 23 nitrogen and oxygen atoms in total. The Kier molecular flexibility index (Phi) is 70.5. The summed E-state index contributed by atoms with van der Waals surface area (Å²) in [6.45, 7) is 40.2. The van der Waals surface area contributed by atoms with Gasteiger partial charge in [-0.1, -0.05) is 77.4 Å². The molecule has 0 amide bonds. The number of aliphatic hydroxyl groups excluding tert-OH is 1. The van der Waals surface area contributed by atoms with Crippen LogP contribution in [0.3, 0.4) is 0 Å². The summed E-state index contributed by atoms with van der Waals surface area (Å²) in [5, 5.41) is 10.0. The van der Waals surface area contributed by atoms with Crippen molar-refractivity contribution in [3.05, 3.63) is 12.2 Å². The quantitative estimate of drug-likeness (QED) is 0.0339. The first-order valence-corrected chi connectivity index (χ1v) is 37.0. The van der Waals surface area contributed by atoms with Gasteiger partial charge in [-0.3, -0.25) is 4.79 Å². The molecule has 0 spiro atoms. The molecule has 11 unspecified atom stereocenters. The van der Waals surface area contributed by atoms with Gasteiger partial charge < -0.3 is 105 Å². The van der Waals surface area contributed by atoms with E-state index in [1.807, 2.05) is 76.2 Å². The van der Waals surface area contributed by atoms with Crippen molar-refractivity contribution in [3.63, 3.8) is 0 Å². The molecule has 0 aliphatic heterocycles. The van der Waals surface area contributed by atoms with Gasteiger partial charge in [0, 0.05) is 13.0 Å². The van der Waals surface area contributed by atoms with Crippen LogP contribution in [0.25, 0.3) is 0 Å². The lowest BCUT2D eigenvalue weighted by molar-refractivity contribution is -0.145. The minimum atomic E-state index is -0.206. The van der Waals surface area contributed by atoms with Crippen molar-refractivity contribution in [1.82, 2.24) is 0 Å². The molecule has 0 aliphatic rings. The van der Waals surface area contributed by atoms with E-state index in [9.17, 15) is 9.90 Å². The van der Waals surface area contributed by atoms with E-state index >= 15 is 0 Å². The third-order valence-electron chi connectivity index (χ3n) is 14.6. The van der Waals surface area contributed by atoms with Gasteiger partial charge in [0.1, 0.15) is 6.61 Å². The smallest absolute Gasteiger partial charge is 0.305 e. The molecule has 0 aromatic heterocycles. The lowest BCUT2D eigenvalue weighted by atomic mass is 10.1. The van der Waals surface area contributed by atoms with Crippen LogP contribution in [-0.2, 0) is 104 Å². The molecule has 0 saturated carbocycles. The van der Waals surface area contributed by atoms with Crippen molar-refractivity contribution in [2.45, 2.75) is 260 Å². The maximum absolute atomic E-state index is 12.0. The minimum absolute atomic E-state index is 0.0359. The maximum Gasteiger partial charge on any atom is 0.305 e. The Labute approximate surface area is 583 Å². The number of esters is 1. The maximum atomic E-state index is 12.0. The summed E-state index contributed by atoms with van der Waals surface area (Å²) in [5.74, 6) is -0.172. The highest BCUT2D eigenvalue weighted by Gasteiger charge is 2.17. The van der Waals surface area contributed by atoms with Gasteiger partial charge >= 0.3 is 5.97 Å². The number of unbranched alkanes of at least 4 members (excludes halogenated alkanes) is 9. The van der Waals surface area contributed by atoms with E-state index < -0.39 is 0 Å². The highest BCUT2D eigenvalue weighted by Crippen LogP contribution is 2.13. The fraction of sp³-hybridized carbons (Fsp3) is 0.959. The molecule has 23 heteroatoms. The Hall–Kier alpha value is -1.63. The Morgan fingerprint density at radius 2 is 0.562 bits per heavy atom. The Balaban J connectivity index is 3.58. The fourth-order valence-corrected chi connectivity index (χ4v) is 8.62. The van der Waals surface area contributed by atoms with Gasteiger partial charge in [0.15, 0.2) is 0 Å². The van der Waals surface area contributed by atoms with E-state index in [4.69, 9.17) is 99.5 Å². The van der Waals surface area contributed by atoms with E-state index in [1.54, 1.807) is 0 Å². The first-order chi connectivity index (χ1) is 46.5. The first kappa shape index (κ1) is 94.4. The van der Waals surface area contributed by atoms with Gasteiger partial charge in [-0.15, -0.1) is 0 Å². The van der Waals surface area contributed by atoms with Gasteiger partial charge in [0.05, 0.1) is 258 Å². The third kappa shape index (κ3) is 70.8. The normalized spacial score (nSPS) is 15.9. The number of rotatable bonds is 78. The van der Waals surface area contributed by atoms with Crippen molar-refractivity contribution in [3.8, 4) is 0 Å². The highest BCUT2D eigenvalue weighted by atomic mass is 16.6. The van der Waals surface area contributed by atoms with Gasteiger partial charge in [0.25, 0.3) is 0 Å². The van der Waals surface area contributed by atoms with Crippen LogP contribution >= 0.6 is 0 Å². The lowest BCUT2D eigenvalue weighted by Gasteiger charge is -2.23. The Morgan fingerprint density at radius 3 is 0.906 bits per heavy atom. The Morgan fingerprint density at radius 1 is 0.281 bits per heavy atom. The summed E-state index contributed by atoms with van der Waals surface area (Å²) in [7, 11) is 0. The molecule has 0 aromatic rings. The van der Waals surface area contributed by atoms with Crippen LogP contribution in [0.5, 0.6) is 0 Å². The summed E-state index contributed by atoms with van der Waals surface area (Å²) in [5.41, 5.74) is 0. The largest absolute Gasteiger partial charge is 0.463 e. The second-order valence-corrected chi connectivity index (χ2v) is 25.2. The Bertz CT molecular complexity index is 1610. The predicted molar refractivity (Wildman–Crippen MR) is 374 cm³/mol. The van der Waals surface area contributed by atoms with Crippen molar-refractivity contribution in [2.24, 2.45) is 0 Å². The first-order valence-electron chi connectivity index (χ1n) is 37.0. The standard InChI is InChI=1S/C73H144O23/c1-14-16-18-25-28-72(74)29-26-23-21-19-20-22-24-27-30-73(75)86-49-47-83-45-43-81-41-39-79-37-35-77-33-32-76-34-36-78-38-40-80-42-44-82-46-48-85-62(4)51-88-64(6)53-90-66(8)55-92-68(10)57-94-70(12)59-96-71(13)60-95-69(11)58-93-67(9)56-91-65(7)54-89-63(5)52-87-61(3)50-84-31-17-15-2/h23,26,61-72,74H,14-22,24-25,27-60H2,1-13H3/b26-23-/t61?,62?,63?,64?,65?,66?,67?,68?,69?,70?,71?,72-/m1/s1. The molecule has 0 radical (unpaired) electrons. The van der Waals surface area contributed by atoms with Crippen molar-refractivity contribution >= 4 is 5.97 Å². The van der Waals surface area contributed by atoms with Gasteiger partial charge in [-0.25, -0.2) is 0 Å². The highest BCUT2D eigenvalue weighted by molar-refractivity contribution is 5.69. The van der Waals surface area contributed by atoms with Gasteiger partial charge in [0.2, 0.25) is 0 Å². The van der Waals surface area contributed by atoms with E-state index in [2.05, 4.69) is 26.0 Å². The van der Waals surface area contributed by atoms with Crippen molar-refractivity contribution < 1.29 is 109 Å². The van der Waals surface area contributed by atoms with Crippen molar-refractivity contribution in [1.29, 1.82) is 0 Å². The van der Waals surface area contributed by atoms with Crippen LogP contribution < -0.4 is 0 Å². The molecule has 0 aliphatic carbocycles. The minimum Gasteiger partial charge on any atom is -0.463 e. The van der Waals surface area contributed by atoms with Crippen LogP contribution in [-0.4, -0.2) is 283 Å². The second kappa shape index (κ2) is 71.8. The second-order valence-electron chi connectivity index (χ2n) is 25.2. The summed E-state index contributed by atoms with van der Waals surface area (Å²) in [4.78, 5) is 12.0. The molecule has 0 rings (SSSR count). The van der Waals surface area contributed by atoms with E-state index in [0.717, 1.165) is 77.2 Å². The zero-order valence-electron chi connectivity index (χ0n) is 62.8. The molecule has 96 heavy (non-hydrogen) atoms. The van der Waals surface area contributed by atoms with Crippen molar-refractivity contribution in [2.75, 3.05) is 198 Å². The fourth-order valence-electron chi connectivity index (χ4n) is 8.62. The molecule has 0 saturated heterocycles. The monoisotopic (exact) mass is 1390 g/mol. The topological polar surface area (TPSA) is 231 Å². The molecule has 0 fully saturated rings. The average Bonchev–Trinajstić information content (AvgIpc) is 3.78. The third-order valence-corrected chi connectivity index (χ3v) is 14.6. The molecule has 0 heterocycles. The van der Waals surface area contributed by atoms with E-state index in [1.165, 1.54) is 19.3 Å². The molecular formula is C73H144O23.